The lowest BCUT2D eigenvalue weighted by Crippen LogP contribution is -2.24. The Hall–Kier alpha value is -2.44. The van der Waals surface area contributed by atoms with E-state index in [1.165, 1.54) is 18.2 Å². The molecular weight excluding hydrogens is 336 g/mol. The lowest BCUT2D eigenvalue weighted by molar-refractivity contribution is 0.102. The molecule has 0 atom stereocenters. The number of hydrogen-bond acceptors (Lipinski definition) is 3. The first-order valence-electron chi connectivity index (χ1n) is 7.84. The van der Waals surface area contributed by atoms with Crippen LogP contribution in [-0.4, -0.2) is 20.9 Å². The minimum Gasteiger partial charge on any atom is -0.322 e. The molecule has 2 N–H and O–H groups in total. The summed E-state index contributed by atoms with van der Waals surface area (Å²) in [5.74, 6) is -0.351. The summed E-state index contributed by atoms with van der Waals surface area (Å²) in [6.45, 7) is 9.46. The Bertz CT molecular complexity index is 895. The first-order valence-corrected chi connectivity index (χ1v) is 9.32. The molecule has 0 radical (unpaired) electrons. The molecule has 0 aromatic heterocycles. The first kappa shape index (κ1) is 18.9. The van der Waals surface area contributed by atoms with Crippen LogP contribution in [-0.2, 0) is 10.0 Å². The van der Waals surface area contributed by atoms with E-state index in [0.717, 1.165) is 22.4 Å². The summed E-state index contributed by atoms with van der Waals surface area (Å²) in [6, 6.07) is 9.92. The fourth-order valence-electron chi connectivity index (χ4n) is 2.62. The molecule has 0 saturated carbocycles. The number of rotatable bonds is 6. The molecule has 2 rings (SSSR count). The van der Waals surface area contributed by atoms with Gasteiger partial charge in [-0.3, -0.25) is 4.79 Å². The van der Waals surface area contributed by atoms with Gasteiger partial charge in [-0.1, -0.05) is 29.8 Å². The molecule has 6 heteroatoms. The second-order valence-corrected chi connectivity index (χ2v) is 7.66. The molecule has 2 aromatic rings. The van der Waals surface area contributed by atoms with Crippen LogP contribution in [0.1, 0.15) is 27.0 Å². The topological polar surface area (TPSA) is 75.3 Å². The van der Waals surface area contributed by atoms with E-state index < -0.39 is 10.0 Å². The van der Waals surface area contributed by atoms with Crippen LogP contribution in [0.4, 0.5) is 5.69 Å². The molecule has 1 amide bonds. The summed E-state index contributed by atoms with van der Waals surface area (Å²) in [4.78, 5) is 12.6. The number of sulfonamides is 1. The van der Waals surface area contributed by atoms with Crippen molar-refractivity contribution in [3.8, 4) is 0 Å². The molecule has 0 saturated heterocycles. The van der Waals surface area contributed by atoms with Crippen LogP contribution < -0.4 is 10.0 Å². The van der Waals surface area contributed by atoms with Crippen LogP contribution in [0.5, 0.6) is 0 Å². The van der Waals surface area contributed by atoms with Crippen LogP contribution >= 0.6 is 0 Å². The summed E-state index contributed by atoms with van der Waals surface area (Å²) < 4.78 is 26.7. The highest BCUT2D eigenvalue weighted by atomic mass is 32.2. The van der Waals surface area contributed by atoms with E-state index in [0.29, 0.717) is 0 Å². The van der Waals surface area contributed by atoms with Crippen molar-refractivity contribution >= 4 is 21.6 Å². The summed E-state index contributed by atoms with van der Waals surface area (Å²) >= 11 is 0. The van der Waals surface area contributed by atoms with Gasteiger partial charge in [0.05, 0.1) is 4.90 Å². The quantitative estimate of drug-likeness (QED) is 0.778. The predicted molar refractivity (Wildman–Crippen MR) is 100 cm³/mol. The highest BCUT2D eigenvalue weighted by Gasteiger charge is 2.16. The molecular formula is C19H22N2O3S. The molecule has 0 spiro atoms. The Kier molecular flexibility index (Phi) is 5.77. The Labute approximate surface area is 148 Å². The second-order valence-electron chi connectivity index (χ2n) is 5.90. The third kappa shape index (κ3) is 4.55. The molecule has 5 nitrogen and oxygen atoms in total. The maximum atomic E-state index is 12.6. The minimum atomic E-state index is -3.67. The zero-order valence-electron chi connectivity index (χ0n) is 14.6. The Morgan fingerprint density at radius 2 is 1.76 bits per heavy atom. The molecule has 0 unspecified atom stereocenters. The van der Waals surface area contributed by atoms with Gasteiger partial charge in [0.1, 0.15) is 0 Å². The Morgan fingerprint density at radius 1 is 1.12 bits per heavy atom. The molecule has 25 heavy (non-hydrogen) atoms. The molecule has 0 bridgehead atoms. The Balaban J connectivity index is 2.30. The van der Waals surface area contributed by atoms with Gasteiger partial charge in [0, 0.05) is 17.8 Å². The van der Waals surface area contributed by atoms with Gasteiger partial charge in [-0.25, -0.2) is 13.1 Å². The van der Waals surface area contributed by atoms with Gasteiger partial charge in [-0.05, 0) is 50.1 Å². The van der Waals surface area contributed by atoms with Crippen LogP contribution in [0.15, 0.2) is 53.9 Å². The van der Waals surface area contributed by atoms with Crippen molar-refractivity contribution in [1.82, 2.24) is 4.72 Å². The second kappa shape index (κ2) is 7.63. The van der Waals surface area contributed by atoms with E-state index >= 15 is 0 Å². The number of carbonyl (C=O) groups is 1. The number of hydrogen-bond donors (Lipinski definition) is 2. The van der Waals surface area contributed by atoms with Crippen LogP contribution in [0, 0.1) is 20.8 Å². The maximum absolute atomic E-state index is 12.6. The van der Waals surface area contributed by atoms with E-state index in [1.54, 1.807) is 12.1 Å². The highest BCUT2D eigenvalue weighted by molar-refractivity contribution is 7.89. The monoisotopic (exact) mass is 358 g/mol. The zero-order chi connectivity index (χ0) is 18.6. The van der Waals surface area contributed by atoms with Crippen molar-refractivity contribution < 1.29 is 13.2 Å². The summed E-state index contributed by atoms with van der Waals surface area (Å²) in [6.07, 6.45) is 1.46. The first-order chi connectivity index (χ1) is 11.7. The predicted octanol–water partition coefficient (Wildman–Crippen LogP) is 3.33. The standard InChI is InChI=1S/C19H22N2O3S/c1-5-9-20-25(23,24)17-8-6-7-16(12-17)19(22)21-18-14(3)10-13(2)11-15(18)4/h5-8,10-12,20H,1,9H2,2-4H3,(H,21,22). The van der Waals surface area contributed by atoms with Gasteiger partial charge in [0.15, 0.2) is 0 Å². The van der Waals surface area contributed by atoms with Gasteiger partial charge >= 0.3 is 0 Å². The van der Waals surface area contributed by atoms with E-state index in [-0.39, 0.29) is 22.9 Å². The summed E-state index contributed by atoms with van der Waals surface area (Å²) in [5, 5.41) is 2.87. The number of anilines is 1. The van der Waals surface area contributed by atoms with Gasteiger partial charge in [0.25, 0.3) is 5.91 Å². The number of carbonyl (C=O) groups excluding carboxylic acids is 1. The average molecular weight is 358 g/mol. The van der Waals surface area contributed by atoms with Gasteiger partial charge in [-0.2, -0.15) is 0 Å². The maximum Gasteiger partial charge on any atom is 0.255 e. The van der Waals surface area contributed by atoms with Crippen LogP contribution in [0.2, 0.25) is 0 Å². The number of benzene rings is 2. The van der Waals surface area contributed by atoms with Crippen LogP contribution in [0.25, 0.3) is 0 Å². The number of aryl methyl sites for hydroxylation is 3. The molecule has 132 valence electrons. The lowest BCUT2D eigenvalue weighted by Gasteiger charge is -2.13. The SMILES string of the molecule is C=CCNS(=O)(=O)c1cccc(C(=O)Nc2c(C)cc(C)cc2C)c1. The normalized spacial score (nSPS) is 11.2. The van der Waals surface area contributed by atoms with Crippen molar-refractivity contribution in [2.75, 3.05) is 11.9 Å². The van der Waals surface area contributed by atoms with Gasteiger partial charge < -0.3 is 5.32 Å². The minimum absolute atomic E-state index is 0.0411. The molecule has 0 aliphatic carbocycles. The van der Waals surface area contributed by atoms with Crippen molar-refractivity contribution in [2.24, 2.45) is 0 Å². The molecule has 0 aliphatic rings. The van der Waals surface area contributed by atoms with Crippen molar-refractivity contribution in [3.63, 3.8) is 0 Å². The zero-order valence-corrected chi connectivity index (χ0v) is 15.4. The van der Waals surface area contributed by atoms with Crippen LogP contribution in [0.3, 0.4) is 0 Å². The molecule has 0 aliphatic heterocycles. The number of amides is 1. The third-order valence-electron chi connectivity index (χ3n) is 3.74. The molecule has 0 fully saturated rings. The third-order valence-corrected chi connectivity index (χ3v) is 5.16. The smallest absolute Gasteiger partial charge is 0.255 e. The highest BCUT2D eigenvalue weighted by Crippen LogP contribution is 2.23. The molecule has 2 aromatic carbocycles. The van der Waals surface area contributed by atoms with Crippen molar-refractivity contribution in [2.45, 2.75) is 25.7 Å². The van der Waals surface area contributed by atoms with E-state index in [2.05, 4.69) is 16.6 Å². The van der Waals surface area contributed by atoms with E-state index in [9.17, 15) is 13.2 Å². The number of nitrogens with one attached hydrogen (secondary N) is 2. The van der Waals surface area contributed by atoms with E-state index in [1.807, 2.05) is 32.9 Å². The molecule has 0 heterocycles. The largest absolute Gasteiger partial charge is 0.322 e. The van der Waals surface area contributed by atoms with Crippen molar-refractivity contribution in [3.05, 3.63) is 71.3 Å². The van der Waals surface area contributed by atoms with E-state index in [4.69, 9.17) is 0 Å². The van der Waals surface area contributed by atoms with Gasteiger partial charge in [-0.15, -0.1) is 6.58 Å². The summed E-state index contributed by atoms with van der Waals surface area (Å²) in [5.41, 5.74) is 4.06. The fraction of sp³-hybridized carbons (Fsp3) is 0.211. The Morgan fingerprint density at radius 3 is 2.36 bits per heavy atom. The lowest BCUT2D eigenvalue weighted by atomic mass is 10.0. The van der Waals surface area contributed by atoms with Gasteiger partial charge in [0.2, 0.25) is 10.0 Å². The average Bonchev–Trinajstić information content (AvgIpc) is 2.56. The van der Waals surface area contributed by atoms with Crippen molar-refractivity contribution in [1.29, 1.82) is 0 Å². The fourth-order valence-corrected chi connectivity index (χ4v) is 3.66. The summed E-state index contributed by atoms with van der Waals surface area (Å²) in [7, 11) is -3.67.